The predicted molar refractivity (Wildman–Crippen MR) is 152 cm³/mol. The van der Waals surface area contributed by atoms with E-state index in [0.29, 0.717) is 35.5 Å². The number of nitrogens with one attached hydrogen (secondary N) is 2. The van der Waals surface area contributed by atoms with Gasteiger partial charge in [0.25, 0.3) is 5.91 Å². The molecular weight excluding hydrogens is 504 g/mol. The molecule has 0 aliphatic heterocycles. The van der Waals surface area contributed by atoms with Crippen molar-refractivity contribution in [1.82, 2.24) is 35.2 Å². The molecule has 0 fully saturated rings. The summed E-state index contributed by atoms with van der Waals surface area (Å²) in [5.74, 6) is 1.48. The largest absolute Gasteiger partial charge is 0.481 e. The molecule has 1 amide bonds. The number of nitrogens with zero attached hydrogens (tertiary/aromatic N) is 6. The lowest BCUT2D eigenvalue weighted by atomic mass is 10.1. The fourth-order valence-electron chi connectivity index (χ4n) is 4.05. The molecule has 0 radical (unpaired) electrons. The van der Waals surface area contributed by atoms with E-state index in [1.54, 1.807) is 44.2 Å². The number of ether oxygens (including phenoxy) is 1. The van der Waals surface area contributed by atoms with Crippen LogP contribution in [0.3, 0.4) is 0 Å². The zero-order chi connectivity index (χ0) is 28.1. The minimum atomic E-state index is -0.265. The number of anilines is 2. The van der Waals surface area contributed by atoms with Crippen molar-refractivity contribution in [2.45, 2.75) is 27.3 Å². The van der Waals surface area contributed by atoms with E-state index >= 15 is 0 Å². The molecule has 0 saturated heterocycles. The molecule has 5 heterocycles. The van der Waals surface area contributed by atoms with Gasteiger partial charge in [-0.25, -0.2) is 19.9 Å². The Kier molecular flexibility index (Phi) is 7.68. The first-order valence-electron chi connectivity index (χ1n) is 12.6. The molecule has 0 bridgehead atoms. The van der Waals surface area contributed by atoms with Crippen LogP contribution in [0.1, 0.15) is 32.9 Å². The topological polar surface area (TPSA) is 128 Å². The average molecular weight is 533 g/mol. The third kappa shape index (κ3) is 5.91. The number of aromatic nitrogens is 6. The number of hydrogen-bond acceptors (Lipinski definition) is 9. The molecule has 0 atom stereocenters. The van der Waals surface area contributed by atoms with E-state index in [1.807, 2.05) is 57.2 Å². The van der Waals surface area contributed by atoms with Crippen LogP contribution in [0.5, 0.6) is 5.88 Å². The molecule has 5 aromatic heterocycles. The normalized spacial score (nSPS) is 10.7. The van der Waals surface area contributed by atoms with Gasteiger partial charge in [-0.15, -0.1) is 0 Å². The molecule has 2 N–H and O–H groups in total. The van der Waals surface area contributed by atoms with E-state index in [2.05, 4.69) is 35.6 Å². The van der Waals surface area contributed by atoms with Crippen molar-refractivity contribution in [2.24, 2.45) is 0 Å². The molecule has 5 rings (SSSR count). The highest BCUT2D eigenvalue weighted by atomic mass is 16.5. The van der Waals surface area contributed by atoms with Gasteiger partial charge in [-0.05, 0) is 62.2 Å². The van der Waals surface area contributed by atoms with Gasteiger partial charge < -0.3 is 15.4 Å². The predicted octanol–water partition coefficient (Wildman–Crippen LogP) is 5.00. The molecule has 0 aromatic carbocycles. The Balaban J connectivity index is 1.28. The van der Waals surface area contributed by atoms with Gasteiger partial charge >= 0.3 is 0 Å². The summed E-state index contributed by atoms with van der Waals surface area (Å²) in [6, 6.07) is 13.2. The summed E-state index contributed by atoms with van der Waals surface area (Å²) >= 11 is 0. The fraction of sp³-hybridized carbons (Fsp3) is 0.167. The maximum Gasteiger partial charge on any atom is 0.270 e. The van der Waals surface area contributed by atoms with E-state index in [4.69, 9.17) is 9.72 Å². The molecule has 0 spiro atoms. The first-order chi connectivity index (χ1) is 19.4. The first kappa shape index (κ1) is 26.4. The SMILES string of the molecule is COc1ccc(-c2ccc(CNC(=O)c3nc(C)c(-c4ncc(C)c(Nc5cccnc5)n4)cc3C)cn2)cn1. The van der Waals surface area contributed by atoms with Gasteiger partial charge in [0.05, 0.1) is 24.7 Å². The lowest BCUT2D eigenvalue weighted by molar-refractivity contribution is 0.0945. The molecule has 0 saturated carbocycles. The molecule has 0 aliphatic carbocycles. The van der Waals surface area contributed by atoms with Crippen molar-refractivity contribution in [3.05, 3.63) is 102 Å². The van der Waals surface area contributed by atoms with Crippen molar-refractivity contribution in [3.8, 4) is 28.5 Å². The lowest BCUT2D eigenvalue weighted by Gasteiger charge is -2.13. The number of carbonyl (C=O) groups is 1. The summed E-state index contributed by atoms with van der Waals surface area (Å²) in [6.07, 6.45) is 8.66. The summed E-state index contributed by atoms with van der Waals surface area (Å²) in [5, 5.41) is 6.23. The highest BCUT2D eigenvalue weighted by Crippen LogP contribution is 2.25. The standard InChI is InChI=1S/C30H28N8O2/c1-18-12-24(29-34-13-19(2)28(38-29)37-23-6-5-11-31-17-23)20(3)36-27(18)30(39)35-15-21-7-9-25(32-14-21)22-8-10-26(40-4)33-16-22/h5-14,16-17H,15H2,1-4H3,(H,35,39)(H,34,37,38). The molecular formula is C30H28N8O2. The van der Waals surface area contributed by atoms with Crippen LogP contribution in [0, 0.1) is 20.8 Å². The number of pyridine rings is 4. The first-order valence-corrected chi connectivity index (χ1v) is 12.6. The average Bonchev–Trinajstić information content (AvgIpc) is 2.99. The second kappa shape index (κ2) is 11.6. The van der Waals surface area contributed by atoms with Crippen LogP contribution in [-0.2, 0) is 6.54 Å². The Hall–Kier alpha value is -5.25. The second-order valence-corrected chi connectivity index (χ2v) is 9.20. The van der Waals surface area contributed by atoms with Crippen LogP contribution < -0.4 is 15.4 Å². The summed E-state index contributed by atoms with van der Waals surface area (Å²) in [7, 11) is 1.58. The summed E-state index contributed by atoms with van der Waals surface area (Å²) < 4.78 is 5.10. The molecule has 5 aromatic rings. The van der Waals surface area contributed by atoms with Crippen LogP contribution in [-0.4, -0.2) is 42.9 Å². The van der Waals surface area contributed by atoms with E-state index in [-0.39, 0.29) is 5.91 Å². The minimum Gasteiger partial charge on any atom is -0.481 e. The van der Waals surface area contributed by atoms with E-state index in [0.717, 1.165) is 39.2 Å². The fourth-order valence-corrected chi connectivity index (χ4v) is 4.05. The summed E-state index contributed by atoms with van der Waals surface area (Å²) in [6.45, 7) is 5.96. The number of rotatable bonds is 8. The van der Waals surface area contributed by atoms with Crippen LogP contribution in [0.2, 0.25) is 0 Å². The van der Waals surface area contributed by atoms with Gasteiger partial charge in [0.15, 0.2) is 5.82 Å². The maximum absolute atomic E-state index is 13.0. The highest BCUT2D eigenvalue weighted by molar-refractivity contribution is 5.94. The third-order valence-electron chi connectivity index (χ3n) is 6.27. The Labute approximate surface area is 232 Å². The van der Waals surface area contributed by atoms with E-state index < -0.39 is 0 Å². The van der Waals surface area contributed by atoms with Gasteiger partial charge in [-0.3, -0.25) is 14.8 Å². The van der Waals surface area contributed by atoms with Crippen LogP contribution in [0.25, 0.3) is 22.6 Å². The van der Waals surface area contributed by atoms with E-state index in [1.165, 1.54) is 0 Å². The van der Waals surface area contributed by atoms with Crippen molar-refractivity contribution in [1.29, 1.82) is 0 Å². The Bertz CT molecular complexity index is 1640. The van der Waals surface area contributed by atoms with Crippen LogP contribution in [0.4, 0.5) is 11.5 Å². The number of methoxy groups -OCH3 is 1. The molecule has 10 heteroatoms. The van der Waals surface area contributed by atoms with Crippen LogP contribution in [0.15, 0.2) is 73.4 Å². The number of carbonyl (C=O) groups excluding carboxylic acids is 1. The maximum atomic E-state index is 13.0. The summed E-state index contributed by atoms with van der Waals surface area (Å²) in [4.78, 5) is 39.7. The Morgan fingerprint density at radius 2 is 1.77 bits per heavy atom. The second-order valence-electron chi connectivity index (χ2n) is 9.20. The Morgan fingerprint density at radius 3 is 2.48 bits per heavy atom. The van der Waals surface area contributed by atoms with Crippen molar-refractivity contribution >= 4 is 17.4 Å². The smallest absolute Gasteiger partial charge is 0.270 e. The van der Waals surface area contributed by atoms with Gasteiger partial charge in [0.2, 0.25) is 5.88 Å². The summed E-state index contributed by atoms with van der Waals surface area (Å²) in [5.41, 5.74) is 6.76. The van der Waals surface area contributed by atoms with Crippen molar-refractivity contribution < 1.29 is 9.53 Å². The highest BCUT2D eigenvalue weighted by Gasteiger charge is 2.17. The monoisotopic (exact) mass is 532 g/mol. The molecule has 10 nitrogen and oxygen atoms in total. The zero-order valence-corrected chi connectivity index (χ0v) is 22.6. The third-order valence-corrected chi connectivity index (χ3v) is 6.27. The number of aryl methyl sites for hydroxylation is 3. The van der Waals surface area contributed by atoms with Gasteiger partial charge in [0, 0.05) is 59.8 Å². The molecule has 0 aliphatic rings. The molecule has 40 heavy (non-hydrogen) atoms. The van der Waals surface area contributed by atoms with Gasteiger partial charge in [-0.1, -0.05) is 6.07 Å². The zero-order valence-electron chi connectivity index (χ0n) is 22.6. The van der Waals surface area contributed by atoms with Gasteiger partial charge in [-0.2, -0.15) is 0 Å². The quantitative estimate of drug-likeness (QED) is 0.284. The van der Waals surface area contributed by atoms with Crippen LogP contribution >= 0.6 is 0 Å². The van der Waals surface area contributed by atoms with Crippen molar-refractivity contribution in [3.63, 3.8) is 0 Å². The molecule has 200 valence electrons. The lowest BCUT2D eigenvalue weighted by Crippen LogP contribution is -2.25. The van der Waals surface area contributed by atoms with Gasteiger partial charge in [0.1, 0.15) is 11.5 Å². The van der Waals surface area contributed by atoms with E-state index in [9.17, 15) is 4.79 Å². The number of hydrogen-bond donors (Lipinski definition) is 2. The minimum absolute atomic E-state index is 0.265. The number of amides is 1. The molecule has 0 unspecified atom stereocenters. The van der Waals surface area contributed by atoms with Crippen molar-refractivity contribution in [2.75, 3.05) is 12.4 Å². The Morgan fingerprint density at radius 1 is 0.900 bits per heavy atom.